The molecule has 4 heteroatoms. The third-order valence-corrected chi connectivity index (χ3v) is 5.48. The molecule has 130 valence electrons. The number of aromatic nitrogens is 1. The minimum atomic E-state index is -0.159. The van der Waals surface area contributed by atoms with Crippen LogP contribution in [-0.2, 0) is 11.8 Å². The van der Waals surface area contributed by atoms with Gasteiger partial charge < -0.3 is 14.4 Å². The van der Waals surface area contributed by atoms with E-state index in [9.17, 15) is 9.90 Å². The van der Waals surface area contributed by atoms with Crippen LogP contribution in [-0.4, -0.2) is 15.5 Å². The molecular formula is C22H19NO3. The molecule has 0 radical (unpaired) electrons. The Labute approximate surface area is 151 Å². The van der Waals surface area contributed by atoms with E-state index in [-0.39, 0.29) is 17.5 Å². The highest BCUT2D eigenvalue weighted by Crippen LogP contribution is 2.49. The van der Waals surface area contributed by atoms with Gasteiger partial charge in [-0.2, -0.15) is 0 Å². The Bertz CT molecular complexity index is 1090. The molecule has 1 aliphatic carbocycles. The molecular weight excluding hydrogens is 326 g/mol. The normalized spacial score (nSPS) is 19.3. The van der Waals surface area contributed by atoms with Gasteiger partial charge in [-0.1, -0.05) is 24.3 Å². The first-order valence-corrected chi connectivity index (χ1v) is 8.94. The maximum Gasteiger partial charge on any atom is 0.163 e. The number of allylic oxidation sites excluding steroid dienone is 2. The Morgan fingerprint density at radius 2 is 1.96 bits per heavy atom. The molecule has 0 bridgehead atoms. The van der Waals surface area contributed by atoms with Crippen molar-refractivity contribution in [2.24, 2.45) is 7.05 Å². The fraction of sp³-hybridized carbons (Fsp3) is 0.227. The van der Waals surface area contributed by atoms with E-state index in [0.717, 1.165) is 46.2 Å². The third-order valence-electron chi connectivity index (χ3n) is 5.48. The Hall–Kier alpha value is -3.01. The van der Waals surface area contributed by atoms with Crippen LogP contribution in [0.1, 0.15) is 36.3 Å². The molecule has 2 aromatic carbocycles. The molecule has 4 nitrogen and oxygen atoms in total. The van der Waals surface area contributed by atoms with Crippen LogP contribution in [0.15, 0.2) is 60.0 Å². The Kier molecular flexibility index (Phi) is 3.23. The maximum absolute atomic E-state index is 12.8. The highest BCUT2D eigenvalue weighted by molar-refractivity contribution is 6.01. The number of para-hydroxylation sites is 1. The number of hydrogen-bond acceptors (Lipinski definition) is 3. The van der Waals surface area contributed by atoms with Crippen molar-refractivity contribution in [1.82, 2.24) is 4.57 Å². The zero-order valence-electron chi connectivity index (χ0n) is 14.5. The van der Waals surface area contributed by atoms with Gasteiger partial charge in [0.1, 0.15) is 17.3 Å². The van der Waals surface area contributed by atoms with Gasteiger partial charge in [-0.3, -0.25) is 4.79 Å². The van der Waals surface area contributed by atoms with Gasteiger partial charge in [0.15, 0.2) is 5.78 Å². The number of hydrogen-bond donors (Lipinski definition) is 1. The average molecular weight is 345 g/mol. The van der Waals surface area contributed by atoms with Crippen LogP contribution in [0.2, 0.25) is 0 Å². The van der Waals surface area contributed by atoms with E-state index >= 15 is 0 Å². The molecule has 26 heavy (non-hydrogen) atoms. The molecule has 0 spiro atoms. The SMILES string of the molecule is Cn1cc(C2C3=C(CCCC3=O)Oc3cc(O)ccc32)c2ccccc21. The summed E-state index contributed by atoms with van der Waals surface area (Å²) >= 11 is 0. The fourth-order valence-corrected chi connectivity index (χ4v) is 4.33. The lowest BCUT2D eigenvalue weighted by molar-refractivity contribution is -0.116. The Morgan fingerprint density at radius 3 is 2.85 bits per heavy atom. The van der Waals surface area contributed by atoms with Gasteiger partial charge in [0, 0.05) is 60.1 Å². The van der Waals surface area contributed by atoms with Crippen LogP contribution in [0.3, 0.4) is 0 Å². The largest absolute Gasteiger partial charge is 0.508 e. The van der Waals surface area contributed by atoms with Crippen molar-refractivity contribution in [3.8, 4) is 11.5 Å². The summed E-state index contributed by atoms with van der Waals surface area (Å²) in [6, 6.07) is 13.4. The van der Waals surface area contributed by atoms with E-state index in [1.54, 1.807) is 12.1 Å². The second kappa shape index (κ2) is 5.49. The van der Waals surface area contributed by atoms with E-state index in [4.69, 9.17) is 4.74 Å². The molecule has 1 unspecified atom stereocenters. The number of carbonyl (C=O) groups excluding carboxylic acids is 1. The van der Waals surface area contributed by atoms with Crippen molar-refractivity contribution in [3.63, 3.8) is 0 Å². The number of phenolic OH excluding ortho intramolecular Hbond substituents is 1. The molecule has 1 aliphatic heterocycles. The van der Waals surface area contributed by atoms with Gasteiger partial charge in [-0.15, -0.1) is 0 Å². The van der Waals surface area contributed by atoms with Crippen LogP contribution in [0.25, 0.3) is 10.9 Å². The molecule has 0 saturated carbocycles. The van der Waals surface area contributed by atoms with Crippen molar-refractivity contribution in [2.45, 2.75) is 25.2 Å². The minimum absolute atomic E-state index is 0.159. The van der Waals surface area contributed by atoms with Gasteiger partial charge in [0.05, 0.1) is 0 Å². The summed E-state index contributed by atoms with van der Waals surface area (Å²) in [6.45, 7) is 0. The predicted molar refractivity (Wildman–Crippen MR) is 99.4 cm³/mol. The smallest absolute Gasteiger partial charge is 0.163 e. The Balaban J connectivity index is 1.82. The zero-order valence-corrected chi connectivity index (χ0v) is 14.5. The quantitative estimate of drug-likeness (QED) is 0.710. The summed E-state index contributed by atoms with van der Waals surface area (Å²) in [4.78, 5) is 12.8. The van der Waals surface area contributed by atoms with Crippen molar-refractivity contribution in [1.29, 1.82) is 0 Å². The number of aryl methyl sites for hydroxylation is 1. The van der Waals surface area contributed by atoms with E-state index < -0.39 is 0 Å². The predicted octanol–water partition coefficient (Wildman–Crippen LogP) is 4.42. The highest BCUT2D eigenvalue weighted by atomic mass is 16.5. The number of carbonyl (C=O) groups is 1. The van der Waals surface area contributed by atoms with E-state index in [1.807, 2.05) is 25.2 Å². The standard InChI is InChI=1S/C22H19NO3/c1-23-12-16(14-5-2-3-6-17(14)23)21-15-10-9-13(24)11-20(15)26-19-8-4-7-18(25)22(19)21/h2-3,5-6,9-12,21,24H,4,7-8H2,1H3. The zero-order chi connectivity index (χ0) is 17.8. The summed E-state index contributed by atoms with van der Waals surface area (Å²) in [5.41, 5.74) is 3.97. The second-order valence-electron chi connectivity index (χ2n) is 7.08. The van der Waals surface area contributed by atoms with Gasteiger partial charge in [0.2, 0.25) is 0 Å². The molecule has 0 saturated heterocycles. The number of ketones is 1. The summed E-state index contributed by atoms with van der Waals surface area (Å²) in [5, 5.41) is 11.0. The highest BCUT2D eigenvalue weighted by Gasteiger charge is 2.37. The van der Waals surface area contributed by atoms with Gasteiger partial charge in [-0.05, 0) is 24.1 Å². The number of benzene rings is 2. The van der Waals surface area contributed by atoms with Crippen molar-refractivity contribution in [3.05, 3.63) is 71.1 Å². The molecule has 3 aromatic rings. The number of phenols is 1. The van der Waals surface area contributed by atoms with E-state index in [2.05, 4.69) is 22.9 Å². The lowest BCUT2D eigenvalue weighted by Gasteiger charge is -2.32. The Morgan fingerprint density at radius 1 is 1.12 bits per heavy atom. The van der Waals surface area contributed by atoms with E-state index in [0.29, 0.717) is 12.2 Å². The number of ether oxygens (including phenoxy) is 1. The van der Waals surface area contributed by atoms with Crippen LogP contribution in [0.5, 0.6) is 11.5 Å². The number of nitrogens with zero attached hydrogens (tertiary/aromatic N) is 1. The molecule has 1 atom stereocenters. The number of Topliss-reactive ketones (excluding diaryl/α,β-unsaturated/α-hetero) is 1. The average Bonchev–Trinajstić information content (AvgIpc) is 2.97. The lowest BCUT2D eigenvalue weighted by Crippen LogP contribution is -2.25. The molecule has 5 rings (SSSR count). The van der Waals surface area contributed by atoms with E-state index in [1.165, 1.54) is 0 Å². The summed E-state index contributed by atoms with van der Waals surface area (Å²) in [6.07, 6.45) is 4.26. The lowest BCUT2D eigenvalue weighted by atomic mass is 9.77. The number of aromatic hydroxyl groups is 1. The molecule has 2 aliphatic rings. The number of rotatable bonds is 1. The first kappa shape index (κ1) is 15.3. The van der Waals surface area contributed by atoms with Crippen LogP contribution in [0, 0.1) is 0 Å². The monoisotopic (exact) mass is 345 g/mol. The van der Waals surface area contributed by atoms with Gasteiger partial charge in [0.25, 0.3) is 0 Å². The third kappa shape index (κ3) is 2.11. The second-order valence-corrected chi connectivity index (χ2v) is 7.08. The molecule has 2 heterocycles. The van der Waals surface area contributed by atoms with Crippen molar-refractivity contribution in [2.75, 3.05) is 0 Å². The first-order valence-electron chi connectivity index (χ1n) is 8.94. The van der Waals surface area contributed by atoms with Gasteiger partial charge in [-0.25, -0.2) is 0 Å². The fourth-order valence-electron chi connectivity index (χ4n) is 4.33. The summed E-state index contributed by atoms with van der Waals surface area (Å²) in [5.74, 6) is 1.59. The maximum atomic E-state index is 12.8. The van der Waals surface area contributed by atoms with Crippen LogP contribution in [0.4, 0.5) is 0 Å². The summed E-state index contributed by atoms with van der Waals surface area (Å²) < 4.78 is 8.15. The molecule has 1 aromatic heterocycles. The first-order chi connectivity index (χ1) is 12.6. The topological polar surface area (TPSA) is 51.5 Å². The minimum Gasteiger partial charge on any atom is -0.508 e. The number of fused-ring (bicyclic) bond motifs is 2. The van der Waals surface area contributed by atoms with Gasteiger partial charge >= 0.3 is 0 Å². The summed E-state index contributed by atoms with van der Waals surface area (Å²) in [7, 11) is 2.03. The molecule has 0 fully saturated rings. The molecule has 0 amide bonds. The molecule has 1 N–H and O–H groups in total. The van der Waals surface area contributed by atoms with Crippen LogP contribution >= 0.6 is 0 Å². The van der Waals surface area contributed by atoms with Crippen molar-refractivity contribution >= 4 is 16.7 Å². The van der Waals surface area contributed by atoms with Crippen molar-refractivity contribution < 1.29 is 14.6 Å². The van der Waals surface area contributed by atoms with Crippen LogP contribution < -0.4 is 4.74 Å².